The van der Waals surface area contributed by atoms with Gasteiger partial charge in [0.05, 0.1) is 4.47 Å². The van der Waals surface area contributed by atoms with E-state index in [0.29, 0.717) is 11.0 Å². The second kappa shape index (κ2) is 4.65. The monoisotopic (exact) mass is 283 g/mol. The zero-order valence-electron chi connectivity index (χ0n) is 8.74. The summed E-state index contributed by atoms with van der Waals surface area (Å²) in [5.41, 5.74) is 0.866. The van der Waals surface area contributed by atoms with Crippen molar-refractivity contribution in [1.82, 2.24) is 9.78 Å². The molecule has 1 aromatic carbocycles. The molecule has 0 spiro atoms. The molecule has 1 heterocycles. The van der Waals surface area contributed by atoms with Crippen LogP contribution in [-0.2, 0) is 13.6 Å². The van der Waals surface area contributed by atoms with Gasteiger partial charge in [-0.15, -0.1) is 0 Å². The number of halogens is 2. The van der Waals surface area contributed by atoms with Crippen LogP contribution in [0.3, 0.4) is 0 Å². The molecule has 1 N–H and O–H groups in total. The van der Waals surface area contributed by atoms with E-state index in [4.69, 9.17) is 0 Å². The van der Waals surface area contributed by atoms with Crippen molar-refractivity contribution < 1.29 is 4.39 Å². The molecule has 5 heteroatoms. The van der Waals surface area contributed by atoms with Gasteiger partial charge in [0.1, 0.15) is 11.6 Å². The Morgan fingerprint density at radius 2 is 2.25 bits per heavy atom. The molecule has 0 aliphatic heterocycles. The summed E-state index contributed by atoms with van der Waals surface area (Å²) in [5, 5.41) is 7.30. The van der Waals surface area contributed by atoms with Crippen LogP contribution in [0.4, 0.5) is 10.2 Å². The van der Waals surface area contributed by atoms with E-state index in [1.807, 2.05) is 25.4 Å². The second-order valence-electron chi connectivity index (χ2n) is 3.44. The maximum Gasteiger partial charge on any atom is 0.148 e. The molecule has 0 aliphatic carbocycles. The first-order chi connectivity index (χ1) is 7.66. The maximum atomic E-state index is 13.2. The lowest BCUT2D eigenvalue weighted by Crippen LogP contribution is -2.02. The highest BCUT2D eigenvalue weighted by Crippen LogP contribution is 2.21. The van der Waals surface area contributed by atoms with Gasteiger partial charge < -0.3 is 5.32 Å². The summed E-state index contributed by atoms with van der Waals surface area (Å²) >= 11 is 3.22. The fourth-order valence-electron chi connectivity index (χ4n) is 1.38. The number of aromatic nitrogens is 2. The van der Waals surface area contributed by atoms with Crippen LogP contribution >= 0.6 is 15.9 Å². The molecule has 0 saturated heterocycles. The Bertz CT molecular complexity index is 496. The van der Waals surface area contributed by atoms with Gasteiger partial charge in [-0.1, -0.05) is 12.1 Å². The summed E-state index contributed by atoms with van der Waals surface area (Å²) in [5.74, 6) is 0.527. The summed E-state index contributed by atoms with van der Waals surface area (Å²) in [6.45, 7) is 0.537. The van der Waals surface area contributed by atoms with E-state index in [1.165, 1.54) is 6.07 Å². The first kappa shape index (κ1) is 11.1. The van der Waals surface area contributed by atoms with Crippen LogP contribution in [0.5, 0.6) is 0 Å². The molecule has 1 aromatic heterocycles. The molecular weight excluding hydrogens is 273 g/mol. The van der Waals surface area contributed by atoms with E-state index in [-0.39, 0.29) is 5.82 Å². The Morgan fingerprint density at radius 3 is 2.94 bits per heavy atom. The molecule has 0 saturated carbocycles. The molecule has 3 nitrogen and oxygen atoms in total. The third-order valence-electron chi connectivity index (χ3n) is 2.21. The Kier molecular flexibility index (Phi) is 3.24. The van der Waals surface area contributed by atoms with E-state index >= 15 is 0 Å². The lowest BCUT2D eigenvalue weighted by molar-refractivity contribution is 0.618. The van der Waals surface area contributed by atoms with E-state index in [2.05, 4.69) is 26.3 Å². The third-order valence-corrected chi connectivity index (χ3v) is 3.09. The van der Waals surface area contributed by atoms with Crippen molar-refractivity contribution in [2.45, 2.75) is 6.54 Å². The molecule has 2 rings (SSSR count). The highest BCUT2D eigenvalue weighted by Gasteiger charge is 2.05. The van der Waals surface area contributed by atoms with Gasteiger partial charge in [0, 0.05) is 25.9 Å². The average molecular weight is 284 g/mol. The molecule has 0 unspecified atom stereocenters. The van der Waals surface area contributed by atoms with Gasteiger partial charge in [-0.2, -0.15) is 5.10 Å². The summed E-state index contributed by atoms with van der Waals surface area (Å²) in [7, 11) is 1.85. The van der Waals surface area contributed by atoms with Crippen LogP contribution < -0.4 is 5.32 Å². The van der Waals surface area contributed by atoms with Gasteiger partial charge in [-0.3, -0.25) is 4.68 Å². The largest absolute Gasteiger partial charge is 0.364 e. The Morgan fingerprint density at radius 1 is 1.44 bits per heavy atom. The van der Waals surface area contributed by atoms with Gasteiger partial charge in [0.25, 0.3) is 0 Å². The van der Waals surface area contributed by atoms with Crippen molar-refractivity contribution in [2.75, 3.05) is 5.32 Å². The van der Waals surface area contributed by atoms with Crippen LogP contribution in [-0.4, -0.2) is 9.78 Å². The van der Waals surface area contributed by atoms with Crippen molar-refractivity contribution in [3.8, 4) is 0 Å². The normalized spacial score (nSPS) is 10.4. The molecule has 2 aromatic rings. The number of nitrogens with one attached hydrogen (secondary N) is 1. The zero-order chi connectivity index (χ0) is 11.5. The SMILES string of the molecule is Cn1ccc(NCc2cccc(F)c2Br)n1. The van der Waals surface area contributed by atoms with Crippen molar-refractivity contribution >= 4 is 21.7 Å². The standard InChI is InChI=1S/C11H11BrFN3/c1-16-6-5-10(15-16)14-7-8-3-2-4-9(13)11(8)12/h2-6H,7H2,1H3,(H,14,15). The number of hydrogen-bond donors (Lipinski definition) is 1. The summed E-state index contributed by atoms with van der Waals surface area (Å²) in [6.07, 6.45) is 1.85. The predicted molar refractivity (Wildman–Crippen MR) is 64.6 cm³/mol. The molecule has 0 aliphatic rings. The van der Waals surface area contributed by atoms with Gasteiger partial charge in [-0.05, 0) is 27.6 Å². The fourth-order valence-corrected chi connectivity index (χ4v) is 1.78. The van der Waals surface area contributed by atoms with Gasteiger partial charge in [0.15, 0.2) is 0 Å². The van der Waals surface area contributed by atoms with Crippen LogP contribution in [0.25, 0.3) is 0 Å². The molecule has 84 valence electrons. The topological polar surface area (TPSA) is 29.9 Å². The highest BCUT2D eigenvalue weighted by atomic mass is 79.9. The number of hydrogen-bond acceptors (Lipinski definition) is 2. The van der Waals surface area contributed by atoms with Crippen molar-refractivity contribution in [2.24, 2.45) is 7.05 Å². The summed E-state index contributed by atoms with van der Waals surface area (Å²) in [4.78, 5) is 0. The number of benzene rings is 1. The predicted octanol–water partition coefficient (Wildman–Crippen LogP) is 2.93. The van der Waals surface area contributed by atoms with E-state index in [1.54, 1.807) is 10.7 Å². The van der Waals surface area contributed by atoms with Gasteiger partial charge in [-0.25, -0.2) is 4.39 Å². The van der Waals surface area contributed by atoms with Gasteiger partial charge in [0.2, 0.25) is 0 Å². The minimum absolute atomic E-state index is 0.250. The quantitative estimate of drug-likeness (QED) is 0.939. The number of anilines is 1. The Balaban J connectivity index is 2.07. The molecule has 0 radical (unpaired) electrons. The van der Waals surface area contributed by atoms with Crippen molar-refractivity contribution in [3.63, 3.8) is 0 Å². The first-order valence-corrected chi connectivity index (χ1v) is 5.62. The van der Waals surface area contributed by atoms with Crippen LogP contribution in [0.15, 0.2) is 34.9 Å². The molecule has 16 heavy (non-hydrogen) atoms. The number of nitrogens with zero attached hydrogens (tertiary/aromatic N) is 2. The summed E-state index contributed by atoms with van der Waals surface area (Å²) in [6, 6.07) is 6.85. The molecule has 0 amide bonds. The Labute approximate surface area is 101 Å². The number of rotatable bonds is 3. The lowest BCUT2D eigenvalue weighted by atomic mass is 10.2. The Hall–Kier alpha value is -1.36. The minimum Gasteiger partial charge on any atom is -0.364 e. The highest BCUT2D eigenvalue weighted by molar-refractivity contribution is 9.10. The van der Waals surface area contributed by atoms with E-state index < -0.39 is 0 Å². The number of aryl methyl sites for hydroxylation is 1. The summed E-state index contributed by atoms with van der Waals surface area (Å²) < 4.78 is 15.4. The minimum atomic E-state index is -0.250. The van der Waals surface area contributed by atoms with Gasteiger partial charge >= 0.3 is 0 Å². The van der Waals surface area contributed by atoms with E-state index in [0.717, 1.165) is 11.4 Å². The molecule has 0 atom stereocenters. The smallest absolute Gasteiger partial charge is 0.148 e. The van der Waals surface area contributed by atoms with Crippen LogP contribution in [0, 0.1) is 5.82 Å². The zero-order valence-corrected chi connectivity index (χ0v) is 10.3. The third kappa shape index (κ3) is 2.41. The molecular formula is C11H11BrFN3. The van der Waals surface area contributed by atoms with E-state index in [9.17, 15) is 4.39 Å². The second-order valence-corrected chi connectivity index (χ2v) is 4.23. The average Bonchev–Trinajstić information content (AvgIpc) is 2.67. The van der Waals surface area contributed by atoms with Crippen LogP contribution in [0.2, 0.25) is 0 Å². The lowest BCUT2D eigenvalue weighted by Gasteiger charge is -2.06. The molecule has 0 bridgehead atoms. The van der Waals surface area contributed by atoms with Crippen molar-refractivity contribution in [1.29, 1.82) is 0 Å². The first-order valence-electron chi connectivity index (χ1n) is 4.83. The molecule has 0 fully saturated rings. The van der Waals surface area contributed by atoms with Crippen LogP contribution in [0.1, 0.15) is 5.56 Å². The van der Waals surface area contributed by atoms with Crippen molar-refractivity contribution in [3.05, 3.63) is 46.3 Å². The maximum absolute atomic E-state index is 13.2. The fraction of sp³-hybridized carbons (Fsp3) is 0.182.